The van der Waals surface area contributed by atoms with Crippen molar-refractivity contribution < 1.29 is 0 Å². The van der Waals surface area contributed by atoms with Gasteiger partial charge in [0.25, 0.3) is 0 Å². The molecule has 0 amide bonds. The normalized spacial score (nSPS) is 10.8. The molecule has 98 valence electrons. The lowest BCUT2D eigenvalue weighted by molar-refractivity contribution is 1.23. The second-order valence-electron chi connectivity index (χ2n) is 4.91. The fraction of sp³-hybridized carbons (Fsp3) is 0. The maximum absolute atomic E-state index is 9.07. The first-order chi connectivity index (χ1) is 10.4. The number of rotatable bonds is 1. The number of nitriles is 1. The third-order valence-corrected chi connectivity index (χ3v) is 3.63. The Balaban J connectivity index is 2.14. The van der Waals surface area contributed by atoms with Crippen molar-refractivity contribution in [2.75, 3.05) is 0 Å². The van der Waals surface area contributed by atoms with Crippen molar-refractivity contribution in [2.45, 2.75) is 0 Å². The molecule has 0 atom stereocenters. The number of hydrogen-bond donors (Lipinski definition) is 0. The highest BCUT2D eigenvalue weighted by atomic mass is 14.9. The maximum Gasteiger partial charge on any atom is 0.0992 e. The summed E-state index contributed by atoms with van der Waals surface area (Å²) in [6.07, 6.45) is 2.03. The summed E-state index contributed by atoms with van der Waals surface area (Å²) in [4.78, 5) is 4.78. The first kappa shape index (κ1) is 11.7. The van der Waals surface area contributed by atoms with Crippen molar-refractivity contribution in [3.8, 4) is 17.3 Å². The van der Waals surface area contributed by atoms with Crippen LogP contribution in [0, 0.1) is 11.3 Å². The topological polar surface area (TPSA) is 41.1 Å². The molecule has 0 aliphatic rings. The van der Waals surface area contributed by atoms with Gasteiger partial charge in [-0.1, -0.05) is 30.3 Å². The molecule has 3 nitrogen and oxygen atoms in total. The molecule has 2 heterocycles. The third kappa shape index (κ3) is 1.78. The highest BCUT2D eigenvalue weighted by molar-refractivity contribution is 5.88. The summed E-state index contributed by atoms with van der Waals surface area (Å²) >= 11 is 0. The van der Waals surface area contributed by atoms with E-state index in [4.69, 9.17) is 10.2 Å². The predicted octanol–water partition coefficient (Wildman–Crippen LogP) is 4.03. The van der Waals surface area contributed by atoms with Gasteiger partial charge in [0.2, 0.25) is 0 Å². The van der Waals surface area contributed by atoms with Gasteiger partial charge in [0, 0.05) is 11.8 Å². The molecule has 4 rings (SSSR count). The molecular formula is C18H11N3. The molecule has 2 aromatic carbocycles. The minimum Gasteiger partial charge on any atom is -0.313 e. The van der Waals surface area contributed by atoms with Crippen LogP contribution in [0.15, 0.2) is 66.9 Å². The Hall–Kier alpha value is -3.12. The van der Waals surface area contributed by atoms with Crippen LogP contribution in [0.3, 0.4) is 0 Å². The van der Waals surface area contributed by atoms with Crippen molar-refractivity contribution in [2.24, 2.45) is 0 Å². The van der Waals surface area contributed by atoms with Crippen LogP contribution in [-0.2, 0) is 0 Å². The van der Waals surface area contributed by atoms with Gasteiger partial charge in [0.05, 0.1) is 33.9 Å². The zero-order valence-corrected chi connectivity index (χ0v) is 11.2. The van der Waals surface area contributed by atoms with Gasteiger partial charge in [-0.3, -0.25) is 0 Å². The number of aromatic nitrogens is 2. The molecule has 0 unspecified atom stereocenters. The molecule has 0 N–H and O–H groups in total. The molecule has 0 bridgehead atoms. The Bertz CT molecular complexity index is 992. The Morgan fingerprint density at radius 1 is 0.905 bits per heavy atom. The predicted molar refractivity (Wildman–Crippen MR) is 82.8 cm³/mol. The molecule has 0 saturated heterocycles. The molecule has 0 saturated carbocycles. The van der Waals surface area contributed by atoms with Crippen LogP contribution in [0.4, 0.5) is 0 Å². The fourth-order valence-electron chi connectivity index (χ4n) is 2.66. The van der Waals surface area contributed by atoms with E-state index in [2.05, 4.69) is 28.7 Å². The fourth-order valence-corrected chi connectivity index (χ4v) is 2.66. The number of hydrogen-bond acceptors (Lipinski definition) is 2. The van der Waals surface area contributed by atoms with Crippen LogP contribution in [0.2, 0.25) is 0 Å². The first-order valence-electron chi connectivity index (χ1n) is 6.73. The van der Waals surface area contributed by atoms with Crippen molar-refractivity contribution in [3.63, 3.8) is 0 Å². The van der Waals surface area contributed by atoms with Crippen molar-refractivity contribution in [3.05, 3.63) is 72.4 Å². The largest absolute Gasteiger partial charge is 0.313 e. The van der Waals surface area contributed by atoms with Gasteiger partial charge < -0.3 is 4.40 Å². The molecule has 4 aromatic rings. The number of nitrogens with zero attached hydrogens (tertiary/aromatic N) is 3. The van der Waals surface area contributed by atoms with Crippen LogP contribution in [0.1, 0.15) is 5.56 Å². The monoisotopic (exact) mass is 269 g/mol. The van der Waals surface area contributed by atoms with Crippen molar-refractivity contribution in [1.29, 1.82) is 5.26 Å². The highest BCUT2D eigenvalue weighted by Gasteiger charge is 2.10. The van der Waals surface area contributed by atoms with Crippen LogP contribution in [0.5, 0.6) is 0 Å². The molecule has 0 aliphatic carbocycles. The molecular weight excluding hydrogens is 258 g/mol. The van der Waals surface area contributed by atoms with E-state index in [0.29, 0.717) is 5.56 Å². The number of benzene rings is 2. The Kier molecular flexibility index (Phi) is 2.48. The summed E-state index contributed by atoms with van der Waals surface area (Å²) in [6, 6.07) is 22.0. The van der Waals surface area contributed by atoms with E-state index in [0.717, 1.165) is 27.8 Å². The van der Waals surface area contributed by atoms with Crippen LogP contribution in [0.25, 0.3) is 27.8 Å². The molecule has 0 spiro atoms. The summed E-state index contributed by atoms with van der Waals surface area (Å²) in [5.74, 6) is 0. The van der Waals surface area contributed by atoms with E-state index >= 15 is 0 Å². The average Bonchev–Trinajstić information content (AvgIpc) is 3.04. The summed E-state index contributed by atoms with van der Waals surface area (Å²) in [5.41, 5.74) is 5.54. The zero-order chi connectivity index (χ0) is 14.2. The van der Waals surface area contributed by atoms with Crippen LogP contribution < -0.4 is 0 Å². The second-order valence-corrected chi connectivity index (χ2v) is 4.91. The first-order valence-corrected chi connectivity index (χ1v) is 6.73. The standard InChI is InChI=1S/C18H11N3/c19-12-13-8-9-16-15(11-13)20-18(14-5-2-1-3-6-14)17-7-4-10-21(16)17/h1-11H. The van der Waals surface area contributed by atoms with Gasteiger partial charge >= 0.3 is 0 Å². The lowest BCUT2D eigenvalue weighted by Gasteiger charge is -2.09. The smallest absolute Gasteiger partial charge is 0.0992 e. The minimum atomic E-state index is 0.625. The molecule has 3 heteroatoms. The van der Waals surface area contributed by atoms with Gasteiger partial charge in [0.1, 0.15) is 0 Å². The molecule has 21 heavy (non-hydrogen) atoms. The summed E-state index contributed by atoms with van der Waals surface area (Å²) < 4.78 is 2.12. The summed E-state index contributed by atoms with van der Waals surface area (Å²) in [5, 5.41) is 9.07. The Labute approximate surface area is 121 Å². The maximum atomic E-state index is 9.07. The van der Waals surface area contributed by atoms with E-state index in [1.54, 1.807) is 0 Å². The van der Waals surface area contributed by atoms with Gasteiger partial charge in [-0.05, 0) is 30.3 Å². The van der Waals surface area contributed by atoms with Gasteiger partial charge in [0.15, 0.2) is 0 Å². The SMILES string of the molecule is N#Cc1ccc2c(c1)nc(-c1ccccc1)c1cccn12. The lowest BCUT2D eigenvalue weighted by Crippen LogP contribution is -1.95. The minimum absolute atomic E-state index is 0.625. The highest BCUT2D eigenvalue weighted by Crippen LogP contribution is 2.27. The molecule has 0 aliphatic heterocycles. The van der Waals surface area contributed by atoms with E-state index < -0.39 is 0 Å². The van der Waals surface area contributed by atoms with Crippen LogP contribution >= 0.6 is 0 Å². The number of fused-ring (bicyclic) bond motifs is 3. The van der Waals surface area contributed by atoms with E-state index in [-0.39, 0.29) is 0 Å². The summed E-state index contributed by atoms with van der Waals surface area (Å²) in [7, 11) is 0. The zero-order valence-electron chi connectivity index (χ0n) is 11.2. The lowest BCUT2D eigenvalue weighted by atomic mass is 10.1. The van der Waals surface area contributed by atoms with Crippen molar-refractivity contribution >= 4 is 16.6 Å². The van der Waals surface area contributed by atoms with E-state index in [1.807, 2.05) is 48.7 Å². The Morgan fingerprint density at radius 3 is 2.57 bits per heavy atom. The average molecular weight is 269 g/mol. The van der Waals surface area contributed by atoms with Crippen LogP contribution in [-0.4, -0.2) is 9.38 Å². The third-order valence-electron chi connectivity index (χ3n) is 3.63. The quantitative estimate of drug-likeness (QED) is 0.523. The van der Waals surface area contributed by atoms with Gasteiger partial charge in [-0.25, -0.2) is 4.98 Å². The van der Waals surface area contributed by atoms with E-state index in [9.17, 15) is 0 Å². The van der Waals surface area contributed by atoms with Gasteiger partial charge in [-0.2, -0.15) is 5.26 Å². The summed E-state index contributed by atoms with van der Waals surface area (Å²) in [6.45, 7) is 0. The Morgan fingerprint density at radius 2 is 1.76 bits per heavy atom. The molecule has 2 aromatic heterocycles. The molecule has 0 fully saturated rings. The second kappa shape index (κ2) is 4.46. The molecule has 0 radical (unpaired) electrons. The van der Waals surface area contributed by atoms with E-state index in [1.165, 1.54) is 0 Å². The van der Waals surface area contributed by atoms with Gasteiger partial charge in [-0.15, -0.1) is 0 Å². The van der Waals surface area contributed by atoms with Crippen molar-refractivity contribution in [1.82, 2.24) is 9.38 Å².